The summed E-state index contributed by atoms with van der Waals surface area (Å²) in [6.07, 6.45) is 1.80. The third-order valence-corrected chi connectivity index (χ3v) is 3.32. The Morgan fingerprint density at radius 2 is 1.86 bits per heavy atom. The van der Waals surface area contributed by atoms with Crippen LogP contribution >= 0.6 is 0 Å². The van der Waals surface area contributed by atoms with E-state index in [4.69, 9.17) is 9.47 Å². The molecule has 1 aromatic heterocycles. The summed E-state index contributed by atoms with van der Waals surface area (Å²) in [6, 6.07) is 11.6. The third kappa shape index (κ3) is 3.26. The van der Waals surface area contributed by atoms with E-state index in [0.717, 1.165) is 17.6 Å². The molecule has 0 spiro atoms. The van der Waals surface area contributed by atoms with E-state index in [0.29, 0.717) is 24.7 Å². The highest BCUT2D eigenvalue weighted by Crippen LogP contribution is 2.25. The Bertz CT molecular complexity index is 753. The molecule has 1 heterocycles. The van der Waals surface area contributed by atoms with E-state index >= 15 is 0 Å². The minimum Gasteiger partial charge on any atom is -0.457 e. The molecule has 0 unspecified atom stereocenters. The van der Waals surface area contributed by atoms with Crippen LogP contribution in [0.4, 0.5) is 4.39 Å². The highest BCUT2D eigenvalue weighted by Gasteiger charge is 2.05. The van der Waals surface area contributed by atoms with Gasteiger partial charge in [0.25, 0.3) is 0 Å². The average Bonchev–Trinajstić information content (AvgIpc) is 2.93. The number of ether oxygens (including phenoxy) is 2. The molecule has 22 heavy (non-hydrogen) atoms. The van der Waals surface area contributed by atoms with Crippen LogP contribution in [0.15, 0.2) is 48.8 Å². The number of aromatic nitrogens is 2. The minimum atomic E-state index is -0.281. The molecule has 0 amide bonds. The second kappa shape index (κ2) is 6.58. The molecule has 0 saturated carbocycles. The lowest BCUT2D eigenvalue weighted by atomic mass is 10.3. The van der Waals surface area contributed by atoms with E-state index in [-0.39, 0.29) is 5.82 Å². The fourth-order valence-electron chi connectivity index (χ4n) is 2.22. The average molecular weight is 300 g/mol. The van der Waals surface area contributed by atoms with Gasteiger partial charge in [-0.15, -0.1) is 0 Å². The lowest BCUT2D eigenvalue weighted by molar-refractivity contribution is 0.140. The van der Waals surface area contributed by atoms with Crippen molar-refractivity contribution in [2.45, 2.75) is 13.5 Å². The van der Waals surface area contributed by atoms with Crippen LogP contribution in [0.2, 0.25) is 0 Å². The van der Waals surface area contributed by atoms with Gasteiger partial charge in [0.05, 0.1) is 24.0 Å². The van der Waals surface area contributed by atoms with Crippen molar-refractivity contribution in [2.24, 2.45) is 0 Å². The molecule has 3 aromatic rings. The summed E-state index contributed by atoms with van der Waals surface area (Å²) in [5, 5.41) is 0. The van der Waals surface area contributed by atoms with Gasteiger partial charge >= 0.3 is 0 Å². The van der Waals surface area contributed by atoms with Crippen molar-refractivity contribution in [3.8, 4) is 11.5 Å². The van der Waals surface area contributed by atoms with Crippen molar-refractivity contribution in [1.29, 1.82) is 0 Å². The van der Waals surface area contributed by atoms with Crippen LogP contribution in [-0.4, -0.2) is 22.8 Å². The molecule has 114 valence electrons. The standard InChI is InChI=1S/C17H17FN2O2/c1-2-21-10-9-20-12-19-16-8-7-15(11-17(16)20)22-14-5-3-13(18)4-6-14/h3-8,11-12H,2,9-10H2,1H3. The molecular formula is C17H17FN2O2. The second-order valence-corrected chi connectivity index (χ2v) is 4.84. The molecule has 2 aromatic carbocycles. The van der Waals surface area contributed by atoms with Gasteiger partial charge in [0.15, 0.2) is 0 Å². The molecule has 0 aliphatic rings. The number of imidazole rings is 1. The summed E-state index contributed by atoms with van der Waals surface area (Å²) in [6.45, 7) is 4.06. The molecule has 0 aliphatic heterocycles. The summed E-state index contributed by atoms with van der Waals surface area (Å²) in [7, 11) is 0. The maximum atomic E-state index is 12.9. The van der Waals surface area contributed by atoms with E-state index in [1.54, 1.807) is 18.5 Å². The number of hydrogen-bond acceptors (Lipinski definition) is 3. The summed E-state index contributed by atoms with van der Waals surface area (Å²) in [4.78, 5) is 4.36. The monoisotopic (exact) mass is 300 g/mol. The molecule has 0 fully saturated rings. The Hall–Kier alpha value is -2.40. The van der Waals surface area contributed by atoms with Gasteiger partial charge < -0.3 is 14.0 Å². The third-order valence-electron chi connectivity index (χ3n) is 3.32. The van der Waals surface area contributed by atoms with Crippen LogP contribution in [0.1, 0.15) is 6.92 Å². The topological polar surface area (TPSA) is 36.3 Å². The largest absolute Gasteiger partial charge is 0.457 e. The highest BCUT2D eigenvalue weighted by molar-refractivity contribution is 5.77. The van der Waals surface area contributed by atoms with Crippen LogP contribution < -0.4 is 4.74 Å². The maximum absolute atomic E-state index is 12.9. The minimum absolute atomic E-state index is 0.281. The second-order valence-electron chi connectivity index (χ2n) is 4.84. The SMILES string of the molecule is CCOCCn1cnc2ccc(Oc3ccc(F)cc3)cc21. The summed E-state index contributed by atoms with van der Waals surface area (Å²) in [5.41, 5.74) is 1.89. The normalized spacial score (nSPS) is 11.0. The van der Waals surface area contributed by atoms with Crippen LogP contribution in [-0.2, 0) is 11.3 Å². The summed E-state index contributed by atoms with van der Waals surface area (Å²) < 4.78 is 26.1. The Kier molecular flexibility index (Phi) is 4.34. The predicted octanol–water partition coefficient (Wildman–Crippen LogP) is 4.00. The number of hydrogen-bond donors (Lipinski definition) is 0. The van der Waals surface area contributed by atoms with Crippen molar-refractivity contribution in [2.75, 3.05) is 13.2 Å². The Labute approximate surface area is 128 Å². The van der Waals surface area contributed by atoms with Gasteiger partial charge in [-0.25, -0.2) is 9.37 Å². The molecule has 0 aliphatic carbocycles. The molecule has 4 nitrogen and oxygen atoms in total. The zero-order valence-corrected chi connectivity index (χ0v) is 12.3. The smallest absolute Gasteiger partial charge is 0.129 e. The summed E-state index contributed by atoms with van der Waals surface area (Å²) >= 11 is 0. The van der Waals surface area contributed by atoms with E-state index in [1.165, 1.54) is 12.1 Å². The number of halogens is 1. The first kappa shape index (κ1) is 14.5. The Balaban J connectivity index is 1.81. The number of fused-ring (bicyclic) bond motifs is 1. The van der Waals surface area contributed by atoms with Gasteiger partial charge in [0, 0.05) is 19.2 Å². The zero-order valence-electron chi connectivity index (χ0n) is 12.3. The Morgan fingerprint density at radius 1 is 1.09 bits per heavy atom. The lowest BCUT2D eigenvalue weighted by Gasteiger charge is -2.08. The molecule has 0 saturated heterocycles. The first-order valence-corrected chi connectivity index (χ1v) is 7.22. The van der Waals surface area contributed by atoms with Crippen molar-refractivity contribution >= 4 is 11.0 Å². The van der Waals surface area contributed by atoms with E-state index in [9.17, 15) is 4.39 Å². The van der Waals surface area contributed by atoms with Crippen LogP contribution in [0.5, 0.6) is 11.5 Å². The molecule has 3 rings (SSSR count). The van der Waals surface area contributed by atoms with Gasteiger partial charge in [-0.05, 0) is 43.3 Å². The van der Waals surface area contributed by atoms with Crippen molar-refractivity contribution in [3.05, 3.63) is 54.6 Å². The summed E-state index contributed by atoms with van der Waals surface area (Å²) in [5.74, 6) is 1.01. The maximum Gasteiger partial charge on any atom is 0.129 e. The van der Waals surface area contributed by atoms with Crippen molar-refractivity contribution in [3.63, 3.8) is 0 Å². The van der Waals surface area contributed by atoms with Gasteiger partial charge in [0.1, 0.15) is 17.3 Å². The van der Waals surface area contributed by atoms with E-state index < -0.39 is 0 Å². The Morgan fingerprint density at radius 3 is 2.64 bits per heavy atom. The van der Waals surface area contributed by atoms with Crippen LogP contribution in [0, 0.1) is 5.82 Å². The zero-order chi connectivity index (χ0) is 15.4. The van der Waals surface area contributed by atoms with Crippen LogP contribution in [0.25, 0.3) is 11.0 Å². The fraction of sp³-hybridized carbons (Fsp3) is 0.235. The van der Waals surface area contributed by atoms with Gasteiger partial charge in [-0.2, -0.15) is 0 Å². The number of nitrogens with zero attached hydrogens (tertiary/aromatic N) is 2. The lowest BCUT2D eigenvalue weighted by Crippen LogP contribution is -2.04. The van der Waals surface area contributed by atoms with Gasteiger partial charge in [0.2, 0.25) is 0 Å². The first-order chi connectivity index (χ1) is 10.8. The molecule has 0 bridgehead atoms. The van der Waals surface area contributed by atoms with Crippen molar-refractivity contribution in [1.82, 2.24) is 9.55 Å². The number of rotatable bonds is 6. The number of benzene rings is 2. The first-order valence-electron chi connectivity index (χ1n) is 7.22. The molecular weight excluding hydrogens is 283 g/mol. The van der Waals surface area contributed by atoms with Crippen LogP contribution in [0.3, 0.4) is 0 Å². The van der Waals surface area contributed by atoms with Crippen molar-refractivity contribution < 1.29 is 13.9 Å². The fourth-order valence-corrected chi connectivity index (χ4v) is 2.22. The van der Waals surface area contributed by atoms with Gasteiger partial charge in [-0.3, -0.25) is 0 Å². The quantitative estimate of drug-likeness (QED) is 0.645. The molecule has 0 atom stereocenters. The van der Waals surface area contributed by atoms with E-state index in [1.807, 2.05) is 29.7 Å². The molecule has 5 heteroatoms. The molecule has 0 N–H and O–H groups in total. The predicted molar refractivity (Wildman–Crippen MR) is 82.7 cm³/mol. The molecule has 0 radical (unpaired) electrons. The van der Waals surface area contributed by atoms with Gasteiger partial charge in [-0.1, -0.05) is 0 Å². The highest BCUT2D eigenvalue weighted by atomic mass is 19.1. The van der Waals surface area contributed by atoms with E-state index in [2.05, 4.69) is 4.98 Å².